The molecule has 0 saturated heterocycles. The molecule has 0 aromatic heterocycles. The van der Waals surface area contributed by atoms with Crippen molar-refractivity contribution in [2.75, 3.05) is 7.11 Å². The lowest BCUT2D eigenvalue weighted by Crippen LogP contribution is -2.44. The highest BCUT2D eigenvalue weighted by Crippen LogP contribution is 2.30. The maximum absolute atomic E-state index is 9.87. The average Bonchev–Trinajstić information content (AvgIpc) is 2.97. The van der Waals surface area contributed by atoms with Crippen LogP contribution in [0.3, 0.4) is 0 Å². The molecular weight excluding hydrogens is 649 g/mol. The summed E-state index contributed by atoms with van der Waals surface area (Å²) in [5.74, 6) is 1.12. The molecule has 0 unspecified atom stereocenters. The van der Waals surface area contributed by atoms with Gasteiger partial charge in [-0.1, -0.05) is 42.5 Å². The molecule has 0 fully saturated rings. The zero-order valence-corrected chi connectivity index (χ0v) is 35.0. The molecule has 0 heterocycles. The second-order valence-corrected chi connectivity index (χ2v) is 33.6. The van der Waals surface area contributed by atoms with Gasteiger partial charge in [0.2, 0.25) is 0 Å². The van der Waals surface area contributed by atoms with Gasteiger partial charge in [0.1, 0.15) is 5.75 Å². The maximum Gasteiger partial charge on any atom is 0.173 e. The van der Waals surface area contributed by atoms with Crippen LogP contribution >= 0.6 is 0 Å². The van der Waals surface area contributed by atoms with Crippen molar-refractivity contribution < 1.29 is 23.2 Å². The summed E-state index contributed by atoms with van der Waals surface area (Å²) in [5, 5.41) is 19.7. The zero-order valence-electron chi connectivity index (χ0n) is 31.0. The first kappa shape index (κ1) is 39.3. The molecule has 2 N–H and O–H groups in total. The van der Waals surface area contributed by atoms with Crippen LogP contribution in [-0.2, 0) is 33.9 Å². The Morgan fingerprint density at radius 3 is 1.30 bits per heavy atom. The molecular formula is C38H62O5Si4. The van der Waals surface area contributed by atoms with Gasteiger partial charge in [-0.2, -0.15) is 0 Å². The molecule has 0 aliphatic rings. The third kappa shape index (κ3) is 14.1. The van der Waals surface area contributed by atoms with Gasteiger partial charge in [-0.25, -0.2) is 0 Å². The average molecular weight is 711 g/mol. The smallest absolute Gasteiger partial charge is 0.173 e. The molecule has 0 aliphatic heterocycles. The summed E-state index contributed by atoms with van der Waals surface area (Å²) in [5.41, 5.74) is 6.27. The van der Waals surface area contributed by atoms with Crippen LogP contribution in [0.2, 0.25) is 76.6 Å². The normalized spacial score (nSPS) is 12.8. The Morgan fingerprint density at radius 1 is 0.489 bits per heavy atom. The van der Waals surface area contributed by atoms with Crippen molar-refractivity contribution in [2.45, 2.75) is 122 Å². The number of rotatable bonds is 19. The Kier molecular flexibility index (Phi) is 14.2. The van der Waals surface area contributed by atoms with Gasteiger partial charge >= 0.3 is 0 Å². The molecule has 9 heteroatoms. The van der Waals surface area contributed by atoms with Crippen LogP contribution in [0.25, 0.3) is 0 Å². The Bertz CT molecular complexity index is 1420. The van der Waals surface area contributed by atoms with E-state index in [0.717, 1.165) is 68.3 Å². The number of phenolic OH excluding ortho intramolecular Hbond substituents is 2. The highest BCUT2D eigenvalue weighted by Gasteiger charge is 2.33. The maximum atomic E-state index is 9.87. The third-order valence-electron chi connectivity index (χ3n) is 9.15. The first-order valence-corrected chi connectivity index (χ1v) is 30.0. The van der Waals surface area contributed by atoms with Gasteiger partial charge in [0.15, 0.2) is 44.8 Å². The Labute approximate surface area is 290 Å². The molecule has 0 amide bonds. The van der Waals surface area contributed by atoms with Crippen LogP contribution in [0.15, 0.2) is 60.7 Å². The first-order valence-electron chi connectivity index (χ1n) is 17.5. The molecule has 0 aliphatic carbocycles. The van der Waals surface area contributed by atoms with E-state index >= 15 is 0 Å². The number of aromatic hydroxyl groups is 2. The summed E-state index contributed by atoms with van der Waals surface area (Å²) in [6, 6.07) is 25.5. The first-order chi connectivity index (χ1) is 21.9. The van der Waals surface area contributed by atoms with E-state index in [1.807, 2.05) is 31.2 Å². The van der Waals surface area contributed by atoms with E-state index < -0.39 is 33.3 Å². The molecule has 0 radical (unpaired) electrons. The van der Waals surface area contributed by atoms with E-state index in [-0.39, 0.29) is 5.75 Å². The van der Waals surface area contributed by atoms with Crippen LogP contribution < -0.4 is 4.74 Å². The minimum Gasteiger partial charge on any atom is -0.508 e. The molecule has 0 spiro atoms. The minimum atomic E-state index is -1.79. The van der Waals surface area contributed by atoms with Crippen molar-refractivity contribution in [3.63, 3.8) is 0 Å². The Morgan fingerprint density at radius 2 is 0.872 bits per heavy atom. The number of benzene rings is 3. The zero-order chi connectivity index (χ0) is 34.9. The summed E-state index contributed by atoms with van der Waals surface area (Å²) >= 11 is 0. The molecule has 5 nitrogen and oxygen atoms in total. The van der Waals surface area contributed by atoms with Crippen molar-refractivity contribution in [3.8, 4) is 17.2 Å². The predicted molar refractivity (Wildman–Crippen MR) is 209 cm³/mol. The SMILES string of the molecule is COc1cc(CCC[Si](C)(C)O[Si](C)(C)CCc2ccc(CC[Si](C)(C)O[Si](C)(C)CCCc3ccc(O)c(C)c3)cc2)ccc1O. The van der Waals surface area contributed by atoms with Crippen molar-refractivity contribution in [2.24, 2.45) is 0 Å². The number of hydrogen-bond acceptors (Lipinski definition) is 5. The molecule has 3 rings (SSSR count). The van der Waals surface area contributed by atoms with Crippen molar-refractivity contribution >= 4 is 33.3 Å². The van der Waals surface area contributed by atoms with E-state index in [1.165, 1.54) is 22.3 Å². The van der Waals surface area contributed by atoms with E-state index in [1.54, 1.807) is 13.2 Å². The Balaban J connectivity index is 1.40. The van der Waals surface area contributed by atoms with Gasteiger partial charge in [0.25, 0.3) is 0 Å². The van der Waals surface area contributed by atoms with Gasteiger partial charge in [0, 0.05) is 0 Å². The van der Waals surface area contributed by atoms with Crippen LogP contribution in [0.5, 0.6) is 17.2 Å². The largest absolute Gasteiger partial charge is 0.508 e. The summed E-state index contributed by atoms with van der Waals surface area (Å²) in [6.07, 6.45) is 6.39. The van der Waals surface area contributed by atoms with E-state index in [4.69, 9.17) is 13.0 Å². The second kappa shape index (κ2) is 17.0. The van der Waals surface area contributed by atoms with Gasteiger partial charge in [0.05, 0.1) is 7.11 Å². The van der Waals surface area contributed by atoms with Gasteiger partial charge in [-0.3, -0.25) is 0 Å². The molecule has 47 heavy (non-hydrogen) atoms. The number of ether oxygens (including phenoxy) is 1. The predicted octanol–water partition coefficient (Wildman–Crippen LogP) is 10.6. The number of phenols is 2. The number of methoxy groups -OCH3 is 1. The summed E-state index contributed by atoms with van der Waals surface area (Å²) < 4.78 is 19.2. The van der Waals surface area contributed by atoms with Crippen molar-refractivity contribution in [3.05, 3.63) is 88.5 Å². The number of hydrogen-bond donors (Lipinski definition) is 2. The highest BCUT2D eigenvalue weighted by molar-refractivity contribution is 6.85. The molecule has 3 aromatic rings. The molecule has 260 valence electrons. The van der Waals surface area contributed by atoms with Gasteiger partial charge in [-0.05, 0) is 168 Å². The topological polar surface area (TPSA) is 68.2 Å². The standard InChI is InChI=1S/C38H62O5Si4/c1-31-29-34(19-21-36(31)39)13-11-25-44(3,4)42-46(7,8)27-23-32-15-17-33(18-16-32)24-28-47(9,10)43-45(5,6)26-12-14-35-20-22-37(40)38(30-35)41-2/h15-22,29-30,39-40H,11-14,23-28H2,1-10H3. The number of aryl methyl sites for hydroxylation is 5. The summed E-state index contributed by atoms with van der Waals surface area (Å²) in [7, 11) is -5.49. The van der Waals surface area contributed by atoms with Crippen LogP contribution in [-0.4, -0.2) is 50.6 Å². The molecule has 0 atom stereocenters. The van der Waals surface area contributed by atoms with E-state index in [9.17, 15) is 10.2 Å². The molecule has 0 bridgehead atoms. The van der Waals surface area contributed by atoms with Crippen molar-refractivity contribution in [1.29, 1.82) is 0 Å². The lowest BCUT2D eigenvalue weighted by Gasteiger charge is -2.34. The third-order valence-corrected chi connectivity index (χ3v) is 24.0. The summed E-state index contributed by atoms with van der Waals surface area (Å²) in [6.45, 7) is 21.0. The van der Waals surface area contributed by atoms with Crippen LogP contribution in [0.1, 0.15) is 40.7 Å². The fraction of sp³-hybridized carbons (Fsp3) is 0.526. The second-order valence-electron chi connectivity index (χ2n) is 15.9. The van der Waals surface area contributed by atoms with E-state index in [0.29, 0.717) is 11.5 Å². The van der Waals surface area contributed by atoms with Gasteiger partial charge in [-0.15, -0.1) is 0 Å². The Hall–Kier alpha value is -2.15. The molecule has 0 saturated carbocycles. The lowest BCUT2D eigenvalue weighted by atomic mass is 10.1. The monoisotopic (exact) mass is 710 g/mol. The minimum absolute atomic E-state index is 0.193. The van der Waals surface area contributed by atoms with Crippen LogP contribution in [0, 0.1) is 6.92 Å². The van der Waals surface area contributed by atoms with Crippen molar-refractivity contribution in [1.82, 2.24) is 0 Å². The van der Waals surface area contributed by atoms with Crippen LogP contribution in [0.4, 0.5) is 0 Å². The fourth-order valence-electron chi connectivity index (χ4n) is 6.65. The summed E-state index contributed by atoms with van der Waals surface area (Å²) in [4.78, 5) is 0. The van der Waals surface area contributed by atoms with E-state index in [2.05, 4.69) is 82.7 Å². The highest BCUT2D eigenvalue weighted by atomic mass is 28.4. The quantitative estimate of drug-likeness (QED) is 0.121. The fourth-order valence-corrected chi connectivity index (χ4v) is 24.1. The lowest BCUT2D eigenvalue weighted by molar-refractivity contribution is 0.373. The van der Waals surface area contributed by atoms with Gasteiger partial charge < -0.3 is 23.2 Å². The molecule has 3 aromatic carbocycles.